The van der Waals surface area contributed by atoms with Gasteiger partial charge in [-0.25, -0.2) is 9.79 Å². The van der Waals surface area contributed by atoms with E-state index in [0.29, 0.717) is 36.4 Å². The van der Waals surface area contributed by atoms with Crippen molar-refractivity contribution >= 4 is 103 Å². The van der Waals surface area contributed by atoms with Crippen LogP contribution in [0.15, 0.2) is 68.9 Å². The van der Waals surface area contributed by atoms with E-state index in [0.717, 1.165) is 23.1 Å². The van der Waals surface area contributed by atoms with Crippen molar-refractivity contribution in [2.75, 3.05) is 6.61 Å². The predicted octanol–water partition coefficient (Wildman–Crippen LogP) is 6.95. The number of benzene rings is 2. The number of rotatable bonds is 7. The number of nitrogens with zero attached hydrogens (tertiary/aromatic N) is 2. The van der Waals surface area contributed by atoms with Crippen molar-refractivity contribution in [3.8, 4) is 5.75 Å². The fraction of sp³-hybridized carbons (Fsp3) is 0.179. The number of aromatic nitrogens is 1. The van der Waals surface area contributed by atoms with Crippen LogP contribution in [0.2, 0.25) is 10.0 Å². The molecule has 0 spiro atoms. The molecule has 0 amide bonds. The SMILES string of the molecule is CCOC(=O)C1=C(C)N=c2s/c(=C\c3cc(I)cc(I)c3OCc3ccc(Cl)c(Cl)c3)c(=O)n2[C@@H]1c1cccs1. The zero-order valence-electron chi connectivity index (χ0n) is 21.0. The monoisotopic (exact) mass is 836 g/mol. The third kappa shape index (κ3) is 6.07. The first-order valence-electron chi connectivity index (χ1n) is 12.0. The second-order valence-electron chi connectivity index (χ2n) is 8.66. The van der Waals surface area contributed by atoms with Crippen molar-refractivity contribution in [2.45, 2.75) is 26.5 Å². The lowest BCUT2D eigenvalue weighted by molar-refractivity contribution is -0.139. The van der Waals surface area contributed by atoms with Crippen molar-refractivity contribution in [2.24, 2.45) is 4.99 Å². The largest absolute Gasteiger partial charge is 0.487 e. The molecule has 1 aliphatic heterocycles. The molecule has 5 rings (SSSR count). The maximum Gasteiger partial charge on any atom is 0.338 e. The van der Waals surface area contributed by atoms with Crippen LogP contribution in [0.25, 0.3) is 6.08 Å². The molecule has 4 aromatic rings. The van der Waals surface area contributed by atoms with Crippen LogP contribution >= 0.6 is 91.1 Å². The van der Waals surface area contributed by atoms with Gasteiger partial charge in [-0.3, -0.25) is 9.36 Å². The molecule has 0 unspecified atom stereocenters. The van der Waals surface area contributed by atoms with Gasteiger partial charge in [-0.15, -0.1) is 11.3 Å². The molecule has 206 valence electrons. The van der Waals surface area contributed by atoms with Gasteiger partial charge in [0, 0.05) is 14.0 Å². The number of carbonyl (C=O) groups excluding carboxylic acids is 1. The van der Waals surface area contributed by atoms with Crippen LogP contribution in [0.5, 0.6) is 5.75 Å². The van der Waals surface area contributed by atoms with Gasteiger partial charge in [0.15, 0.2) is 4.80 Å². The number of fused-ring (bicyclic) bond motifs is 1. The minimum Gasteiger partial charge on any atom is -0.487 e. The van der Waals surface area contributed by atoms with Crippen molar-refractivity contribution in [3.05, 3.63) is 112 Å². The Balaban J connectivity index is 1.61. The van der Waals surface area contributed by atoms with Gasteiger partial charge in [0.1, 0.15) is 18.4 Å². The number of esters is 1. The van der Waals surface area contributed by atoms with Gasteiger partial charge >= 0.3 is 5.97 Å². The van der Waals surface area contributed by atoms with Gasteiger partial charge in [-0.05, 0) is 106 Å². The van der Waals surface area contributed by atoms with Crippen LogP contribution in [0.1, 0.15) is 35.9 Å². The van der Waals surface area contributed by atoms with Crippen LogP contribution < -0.4 is 19.6 Å². The number of carbonyl (C=O) groups is 1. The topological polar surface area (TPSA) is 69.9 Å². The van der Waals surface area contributed by atoms with Crippen molar-refractivity contribution in [1.82, 2.24) is 4.57 Å². The maximum atomic E-state index is 13.9. The summed E-state index contributed by atoms with van der Waals surface area (Å²) < 4.78 is 15.6. The highest BCUT2D eigenvalue weighted by Gasteiger charge is 2.34. The van der Waals surface area contributed by atoms with E-state index in [-0.39, 0.29) is 18.8 Å². The van der Waals surface area contributed by atoms with Crippen molar-refractivity contribution in [1.29, 1.82) is 0 Å². The molecule has 1 aliphatic rings. The van der Waals surface area contributed by atoms with Gasteiger partial charge in [0.05, 0.1) is 36.0 Å². The third-order valence-electron chi connectivity index (χ3n) is 6.02. The predicted molar refractivity (Wildman–Crippen MR) is 177 cm³/mol. The van der Waals surface area contributed by atoms with E-state index in [1.165, 1.54) is 22.7 Å². The zero-order chi connectivity index (χ0) is 28.6. The molecule has 0 bridgehead atoms. The molecule has 0 saturated carbocycles. The average molecular weight is 837 g/mol. The molecule has 12 heteroatoms. The summed E-state index contributed by atoms with van der Waals surface area (Å²) in [6.45, 7) is 4.04. The number of halogens is 4. The van der Waals surface area contributed by atoms with Gasteiger partial charge in [0.2, 0.25) is 0 Å². The van der Waals surface area contributed by atoms with Crippen LogP contribution in [0, 0.1) is 7.14 Å². The van der Waals surface area contributed by atoms with E-state index >= 15 is 0 Å². The summed E-state index contributed by atoms with van der Waals surface area (Å²) in [5.74, 6) is 0.178. The first-order valence-corrected chi connectivity index (χ1v) is 16.6. The molecule has 40 heavy (non-hydrogen) atoms. The molecule has 2 aromatic heterocycles. The lowest BCUT2D eigenvalue weighted by atomic mass is 10.0. The van der Waals surface area contributed by atoms with E-state index < -0.39 is 12.0 Å². The summed E-state index contributed by atoms with van der Waals surface area (Å²) in [7, 11) is 0. The lowest BCUT2D eigenvalue weighted by Crippen LogP contribution is -2.39. The first kappa shape index (κ1) is 29.8. The average Bonchev–Trinajstić information content (AvgIpc) is 3.53. The van der Waals surface area contributed by atoms with E-state index in [4.69, 9.17) is 32.7 Å². The smallest absolute Gasteiger partial charge is 0.338 e. The van der Waals surface area contributed by atoms with E-state index in [1.807, 2.05) is 41.8 Å². The van der Waals surface area contributed by atoms with E-state index in [2.05, 4.69) is 50.2 Å². The minimum absolute atomic E-state index is 0.230. The highest BCUT2D eigenvalue weighted by Crippen LogP contribution is 2.34. The standard InChI is InChI=1S/C28H20Cl2I2N2O4S2/c1-3-37-27(36)23-14(2)33-28-34(24(23)21-5-4-8-39-21)26(35)22(40-28)11-16-10-17(31)12-20(32)25(16)38-13-15-6-7-18(29)19(30)9-15/h4-12,24H,3,13H2,1-2H3/b22-11-/t24-/m1/s1. The van der Waals surface area contributed by atoms with Gasteiger partial charge in [0.25, 0.3) is 5.56 Å². The number of ether oxygens (including phenoxy) is 2. The summed E-state index contributed by atoms with van der Waals surface area (Å²) in [5.41, 5.74) is 2.31. The molecule has 0 radical (unpaired) electrons. The molecule has 0 N–H and O–H groups in total. The molecule has 0 fully saturated rings. The van der Waals surface area contributed by atoms with Crippen LogP contribution in [-0.4, -0.2) is 17.1 Å². The Morgan fingerprint density at radius 2 is 1.98 bits per heavy atom. The summed E-state index contributed by atoms with van der Waals surface area (Å²) in [6, 6.07) is 12.6. The normalized spacial score (nSPS) is 15.2. The fourth-order valence-electron chi connectivity index (χ4n) is 4.27. The number of hydrogen-bond acceptors (Lipinski definition) is 7. The molecule has 0 saturated heterocycles. The molecule has 2 aromatic carbocycles. The second-order valence-corrected chi connectivity index (χ2v) is 13.9. The third-order valence-corrected chi connectivity index (χ3v) is 10.1. The highest BCUT2D eigenvalue weighted by molar-refractivity contribution is 14.1. The van der Waals surface area contributed by atoms with Gasteiger partial charge < -0.3 is 9.47 Å². The van der Waals surface area contributed by atoms with Crippen LogP contribution in [0.4, 0.5) is 0 Å². The Kier molecular flexibility index (Phi) is 9.42. The minimum atomic E-state index is -0.612. The fourth-order valence-corrected chi connectivity index (χ4v) is 8.50. The Labute approximate surface area is 275 Å². The molecular formula is C28H20Cl2I2N2O4S2. The van der Waals surface area contributed by atoms with Gasteiger partial charge in [-0.1, -0.05) is 46.7 Å². The molecular weight excluding hydrogens is 817 g/mol. The molecule has 3 heterocycles. The van der Waals surface area contributed by atoms with E-state index in [1.54, 1.807) is 30.5 Å². The number of allylic oxidation sites excluding steroid dienone is 1. The molecule has 0 aliphatic carbocycles. The second kappa shape index (κ2) is 12.7. The number of hydrogen-bond donors (Lipinski definition) is 0. The number of thiazole rings is 1. The summed E-state index contributed by atoms with van der Waals surface area (Å²) in [6.07, 6.45) is 1.83. The Bertz CT molecular complexity index is 1830. The summed E-state index contributed by atoms with van der Waals surface area (Å²) in [4.78, 5) is 33.0. The highest BCUT2D eigenvalue weighted by atomic mass is 127. The van der Waals surface area contributed by atoms with Crippen molar-refractivity contribution in [3.63, 3.8) is 0 Å². The zero-order valence-corrected chi connectivity index (χ0v) is 28.5. The van der Waals surface area contributed by atoms with Crippen molar-refractivity contribution < 1.29 is 14.3 Å². The Morgan fingerprint density at radius 3 is 2.67 bits per heavy atom. The van der Waals surface area contributed by atoms with Crippen LogP contribution in [0.3, 0.4) is 0 Å². The molecule has 1 atom stereocenters. The number of thiophene rings is 1. The van der Waals surface area contributed by atoms with Crippen LogP contribution in [-0.2, 0) is 16.1 Å². The molecule has 6 nitrogen and oxygen atoms in total. The summed E-state index contributed by atoms with van der Waals surface area (Å²) in [5, 5.41) is 2.86. The Morgan fingerprint density at radius 1 is 1.18 bits per heavy atom. The van der Waals surface area contributed by atoms with E-state index in [9.17, 15) is 9.59 Å². The lowest BCUT2D eigenvalue weighted by Gasteiger charge is -2.23. The maximum absolute atomic E-state index is 13.9. The van der Waals surface area contributed by atoms with Gasteiger partial charge in [-0.2, -0.15) is 0 Å². The summed E-state index contributed by atoms with van der Waals surface area (Å²) >= 11 is 19.5. The quantitative estimate of drug-likeness (QED) is 0.149. The first-order chi connectivity index (χ1) is 19.2. The Hall–Kier alpha value is -1.71.